The summed E-state index contributed by atoms with van der Waals surface area (Å²) in [5, 5.41) is 0. The monoisotopic (exact) mass is 257 g/mol. The smallest absolute Gasteiger partial charge is 0.225 e. The van der Waals surface area contributed by atoms with Gasteiger partial charge < -0.3 is 9.47 Å². The molecule has 19 heavy (non-hydrogen) atoms. The predicted octanol–water partition coefficient (Wildman–Crippen LogP) is 2.07. The van der Waals surface area contributed by atoms with E-state index in [1.807, 2.05) is 38.0 Å². The summed E-state index contributed by atoms with van der Waals surface area (Å²) in [5.74, 6) is 1.48. The molecule has 0 saturated carbocycles. The Kier molecular flexibility index (Phi) is 3.19. The van der Waals surface area contributed by atoms with Crippen LogP contribution in [-0.4, -0.2) is 32.6 Å². The van der Waals surface area contributed by atoms with E-state index in [0.29, 0.717) is 12.0 Å². The van der Waals surface area contributed by atoms with Crippen LogP contribution in [-0.2, 0) is 0 Å². The van der Waals surface area contributed by atoms with Crippen LogP contribution in [0.1, 0.15) is 24.9 Å². The minimum atomic E-state index is 0.446. The summed E-state index contributed by atoms with van der Waals surface area (Å²) in [7, 11) is 0. The zero-order chi connectivity index (χ0) is 13.2. The maximum absolute atomic E-state index is 4.43. The van der Waals surface area contributed by atoms with Crippen molar-refractivity contribution in [2.24, 2.45) is 5.92 Å². The van der Waals surface area contributed by atoms with Crippen molar-refractivity contribution in [3.05, 3.63) is 36.7 Å². The molecule has 1 aliphatic rings. The van der Waals surface area contributed by atoms with Crippen molar-refractivity contribution in [1.29, 1.82) is 0 Å². The Bertz CT molecular complexity index is 519. The fourth-order valence-corrected chi connectivity index (χ4v) is 2.63. The van der Waals surface area contributed by atoms with Gasteiger partial charge in [-0.05, 0) is 24.8 Å². The lowest BCUT2D eigenvalue weighted by molar-refractivity contribution is 0.297. The van der Waals surface area contributed by atoms with E-state index in [2.05, 4.69) is 31.3 Å². The van der Waals surface area contributed by atoms with Crippen molar-refractivity contribution in [3.8, 4) is 0 Å². The van der Waals surface area contributed by atoms with Gasteiger partial charge in [0.1, 0.15) is 0 Å². The lowest BCUT2D eigenvalue weighted by Gasteiger charge is -2.37. The van der Waals surface area contributed by atoms with E-state index in [0.717, 1.165) is 31.0 Å². The molecule has 2 atom stereocenters. The fraction of sp³-hybridized carbons (Fsp3) is 0.500. The van der Waals surface area contributed by atoms with E-state index in [-0.39, 0.29) is 0 Å². The molecule has 5 nitrogen and oxygen atoms in total. The third kappa shape index (κ3) is 2.45. The number of aryl methyl sites for hydroxylation is 1. The van der Waals surface area contributed by atoms with Gasteiger partial charge in [-0.3, -0.25) is 0 Å². The topological polar surface area (TPSA) is 46.8 Å². The third-order valence-corrected chi connectivity index (χ3v) is 3.88. The maximum Gasteiger partial charge on any atom is 0.225 e. The standard InChI is InChI=1S/C14H19N5/c1-11-7-16-14(17-8-11)18-5-3-12(2)13(9-18)19-6-4-15-10-19/h4,6-8,10,12-13H,3,5,9H2,1-2H3. The second kappa shape index (κ2) is 4.99. The van der Waals surface area contributed by atoms with Crippen LogP contribution in [0.3, 0.4) is 0 Å². The van der Waals surface area contributed by atoms with Crippen molar-refractivity contribution in [3.63, 3.8) is 0 Å². The fourth-order valence-electron chi connectivity index (χ4n) is 2.63. The van der Waals surface area contributed by atoms with Gasteiger partial charge in [0, 0.05) is 37.9 Å². The molecule has 1 fully saturated rings. The van der Waals surface area contributed by atoms with Gasteiger partial charge in [0.05, 0.1) is 12.4 Å². The largest absolute Gasteiger partial charge is 0.339 e. The molecule has 1 aliphatic heterocycles. The Balaban J connectivity index is 1.80. The van der Waals surface area contributed by atoms with Gasteiger partial charge >= 0.3 is 0 Å². The molecule has 2 aromatic rings. The Morgan fingerprint density at radius 3 is 2.74 bits per heavy atom. The molecular weight excluding hydrogens is 238 g/mol. The van der Waals surface area contributed by atoms with Crippen LogP contribution in [0.25, 0.3) is 0 Å². The first kappa shape index (κ1) is 12.1. The number of rotatable bonds is 2. The van der Waals surface area contributed by atoms with Crippen molar-refractivity contribution < 1.29 is 0 Å². The summed E-state index contributed by atoms with van der Waals surface area (Å²) < 4.78 is 2.20. The van der Waals surface area contributed by atoms with E-state index >= 15 is 0 Å². The number of hydrogen-bond acceptors (Lipinski definition) is 4. The predicted molar refractivity (Wildman–Crippen MR) is 74.0 cm³/mol. The average molecular weight is 257 g/mol. The second-order valence-corrected chi connectivity index (χ2v) is 5.35. The molecule has 3 heterocycles. The van der Waals surface area contributed by atoms with Crippen molar-refractivity contribution >= 4 is 5.95 Å². The lowest BCUT2D eigenvalue weighted by atomic mass is 9.93. The molecule has 0 radical (unpaired) electrons. The first-order valence-corrected chi connectivity index (χ1v) is 6.75. The molecule has 3 rings (SSSR count). The van der Waals surface area contributed by atoms with Crippen LogP contribution in [0.5, 0.6) is 0 Å². The van der Waals surface area contributed by atoms with Crippen LogP contribution >= 0.6 is 0 Å². The molecule has 2 aromatic heterocycles. The number of imidazole rings is 1. The highest BCUT2D eigenvalue weighted by atomic mass is 15.3. The van der Waals surface area contributed by atoms with E-state index in [1.165, 1.54) is 0 Å². The summed E-state index contributed by atoms with van der Waals surface area (Å²) >= 11 is 0. The first-order valence-electron chi connectivity index (χ1n) is 6.75. The molecule has 1 saturated heterocycles. The summed E-state index contributed by atoms with van der Waals surface area (Å²) in [6.45, 7) is 6.28. The lowest BCUT2D eigenvalue weighted by Crippen LogP contribution is -2.41. The average Bonchev–Trinajstić information content (AvgIpc) is 2.94. The quantitative estimate of drug-likeness (QED) is 0.826. The SMILES string of the molecule is Cc1cnc(N2CCC(C)C(n3ccnc3)C2)nc1. The van der Waals surface area contributed by atoms with Crippen LogP contribution in [0.2, 0.25) is 0 Å². The van der Waals surface area contributed by atoms with E-state index in [1.54, 1.807) is 0 Å². The van der Waals surface area contributed by atoms with Crippen molar-refractivity contribution in [2.45, 2.75) is 26.3 Å². The van der Waals surface area contributed by atoms with Crippen LogP contribution < -0.4 is 4.90 Å². The molecule has 2 unspecified atom stereocenters. The van der Waals surface area contributed by atoms with E-state index in [4.69, 9.17) is 0 Å². The molecule has 0 bridgehead atoms. The number of piperidine rings is 1. The van der Waals surface area contributed by atoms with Gasteiger partial charge in [0.15, 0.2) is 0 Å². The van der Waals surface area contributed by atoms with Gasteiger partial charge in [0.25, 0.3) is 0 Å². The van der Waals surface area contributed by atoms with Gasteiger partial charge in [-0.25, -0.2) is 15.0 Å². The van der Waals surface area contributed by atoms with Gasteiger partial charge in [-0.15, -0.1) is 0 Å². The summed E-state index contributed by atoms with van der Waals surface area (Å²) in [5.41, 5.74) is 1.10. The molecule has 0 N–H and O–H groups in total. The molecule has 100 valence electrons. The number of nitrogens with zero attached hydrogens (tertiary/aromatic N) is 5. The Hall–Kier alpha value is -1.91. The van der Waals surface area contributed by atoms with E-state index < -0.39 is 0 Å². The van der Waals surface area contributed by atoms with Crippen LogP contribution in [0.15, 0.2) is 31.1 Å². The number of anilines is 1. The zero-order valence-corrected chi connectivity index (χ0v) is 11.4. The summed E-state index contributed by atoms with van der Waals surface area (Å²) in [6, 6.07) is 0.446. The molecule has 0 spiro atoms. The zero-order valence-electron chi connectivity index (χ0n) is 11.4. The molecule has 5 heteroatoms. The highest BCUT2D eigenvalue weighted by molar-refractivity contribution is 5.31. The number of aromatic nitrogens is 4. The molecule has 0 amide bonds. The Labute approximate surface area is 113 Å². The first-order chi connectivity index (χ1) is 9.24. The second-order valence-electron chi connectivity index (χ2n) is 5.35. The van der Waals surface area contributed by atoms with Crippen LogP contribution in [0.4, 0.5) is 5.95 Å². The summed E-state index contributed by atoms with van der Waals surface area (Å²) in [6.07, 6.45) is 10.7. The maximum atomic E-state index is 4.43. The van der Waals surface area contributed by atoms with Gasteiger partial charge in [-0.1, -0.05) is 6.92 Å². The normalized spacial score (nSPS) is 23.6. The molecule has 0 aromatic carbocycles. The minimum Gasteiger partial charge on any atom is -0.339 e. The molecule has 0 aliphatic carbocycles. The van der Waals surface area contributed by atoms with E-state index in [9.17, 15) is 0 Å². The van der Waals surface area contributed by atoms with Crippen LogP contribution in [0, 0.1) is 12.8 Å². The van der Waals surface area contributed by atoms with Gasteiger partial charge in [0.2, 0.25) is 5.95 Å². The van der Waals surface area contributed by atoms with Crippen molar-refractivity contribution in [2.75, 3.05) is 18.0 Å². The highest BCUT2D eigenvalue weighted by Crippen LogP contribution is 2.28. The summed E-state index contributed by atoms with van der Waals surface area (Å²) in [4.78, 5) is 15.3. The third-order valence-electron chi connectivity index (χ3n) is 3.88. The van der Waals surface area contributed by atoms with Gasteiger partial charge in [-0.2, -0.15) is 0 Å². The van der Waals surface area contributed by atoms with Crippen molar-refractivity contribution in [1.82, 2.24) is 19.5 Å². The minimum absolute atomic E-state index is 0.446. The molecular formula is C14H19N5. The highest BCUT2D eigenvalue weighted by Gasteiger charge is 2.28. The Morgan fingerprint density at radius 1 is 1.26 bits per heavy atom. The number of hydrogen-bond donors (Lipinski definition) is 0. The Morgan fingerprint density at radius 2 is 2.05 bits per heavy atom.